The van der Waals surface area contributed by atoms with Crippen LogP contribution in [0.15, 0.2) is 18.3 Å². The summed E-state index contributed by atoms with van der Waals surface area (Å²) in [7, 11) is 0. The summed E-state index contributed by atoms with van der Waals surface area (Å²) in [5.74, 6) is 0.418. The number of hydrogen-bond donors (Lipinski definition) is 1. The highest BCUT2D eigenvalue weighted by Gasteiger charge is 2.31. The van der Waals surface area contributed by atoms with Crippen LogP contribution < -0.4 is 10.1 Å². The quantitative estimate of drug-likeness (QED) is 0.927. The number of nitrogens with zero attached hydrogens (tertiary/aromatic N) is 4. The van der Waals surface area contributed by atoms with E-state index in [0.717, 1.165) is 31.4 Å². The van der Waals surface area contributed by atoms with E-state index in [0.29, 0.717) is 29.4 Å². The van der Waals surface area contributed by atoms with Crippen LogP contribution in [-0.2, 0) is 6.54 Å². The smallest absolute Gasteiger partial charge is 0.272 e. The molecule has 1 fully saturated rings. The molecule has 0 aromatic carbocycles. The van der Waals surface area contributed by atoms with Gasteiger partial charge in [0.05, 0.1) is 12.2 Å². The Hall–Kier alpha value is -2.88. The molecule has 0 unspecified atom stereocenters. The van der Waals surface area contributed by atoms with E-state index in [1.807, 2.05) is 6.07 Å². The van der Waals surface area contributed by atoms with Gasteiger partial charge in [0.25, 0.3) is 5.91 Å². The van der Waals surface area contributed by atoms with Crippen molar-refractivity contribution >= 4 is 5.91 Å². The molecule has 0 atom stereocenters. The van der Waals surface area contributed by atoms with Crippen molar-refractivity contribution in [2.45, 2.75) is 31.8 Å². The van der Waals surface area contributed by atoms with E-state index in [4.69, 9.17) is 10.00 Å². The average molecular weight is 309 g/mol. The van der Waals surface area contributed by atoms with E-state index in [1.165, 1.54) is 0 Å². The van der Waals surface area contributed by atoms with Crippen LogP contribution >= 0.6 is 0 Å². The Morgan fingerprint density at radius 1 is 1.43 bits per heavy atom. The summed E-state index contributed by atoms with van der Waals surface area (Å²) < 4.78 is 7.48. The molecule has 116 valence electrons. The second-order valence-electron chi connectivity index (χ2n) is 5.75. The zero-order valence-corrected chi connectivity index (χ0v) is 12.5. The third-order valence-corrected chi connectivity index (χ3v) is 3.95. The van der Waals surface area contributed by atoms with Crippen molar-refractivity contribution in [1.29, 1.82) is 5.26 Å². The van der Waals surface area contributed by atoms with Crippen LogP contribution in [0.4, 0.5) is 0 Å². The van der Waals surface area contributed by atoms with Crippen molar-refractivity contribution in [3.05, 3.63) is 29.7 Å². The number of aryl methyl sites for hydroxylation is 1. The zero-order valence-electron chi connectivity index (χ0n) is 12.5. The van der Waals surface area contributed by atoms with Crippen LogP contribution in [0.3, 0.4) is 0 Å². The molecule has 2 aromatic heterocycles. The average Bonchev–Trinajstić information content (AvgIpc) is 3.31. The second kappa shape index (κ2) is 5.39. The number of carbonyl (C=O) groups is 1. The molecular formula is C16H15N5O2. The Bertz CT molecular complexity index is 799. The molecule has 3 heterocycles. The van der Waals surface area contributed by atoms with Crippen molar-refractivity contribution in [3.63, 3.8) is 0 Å². The predicted molar refractivity (Wildman–Crippen MR) is 80.8 cm³/mol. The number of hydrogen-bond acceptors (Lipinski definition) is 5. The summed E-state index contributed by atoms with van der Waals surface area (Å²) in [4.78, 5) is 16.6. The predicted octanol–water partition coefficient (Wildman–Crippen LogP) is 1.49. The van der Waals surface area contributed by atoms with Crippen LogP contribution in [0.2, 0.25) is 0 Å². The Morgan fingerprint density at radius 2 is 2.30 bits per heavy atom. The first kappa shape index (κ1) is 13.8. The third-order valence-electron chi connectivity index (χ3n) is 3.95. The molecule has 2 aromatic rings. The van der Waals surface area contributed by atoms with E-state index < -0.39 is 0 Å². The van der Waals surface area contributed by atoms with E-state index in [9.17, 15) is 4.79 Å². The first-order valence-electron chi connectivity index (χ1n) is 7.67. The first-order chi connectivity index (χ1) is 11.3. The van der Waals surface area contributed by atoms with Gasteiger partial charge in [-0.05, 0) is 25.0 Å². The lowest BCUT2D eigenvalue weighted by Gasteiger charge is -2.15. The Labute approximate surface area is 132 Å². The lowest BCUT2D eigenvalue weighted by molar-refractivity contribution is 0.0945. The monoisotopic (exact) mass is 309 g/mol. The zero-order chi connectivity index (χ0) is 15.8. The van der Waals surface area contributed by atoms with Gasteiger partial charge in [-0.2, -0.15) is 10.4 Å². The number of carbonyl (C=O) groups excluding carboxylic acids is 1. The maximum absolute atomic E-state index is 12.5. The van der Waals surface area contributed by atoms with E-state index >= 15 is 0 Å². The van der Waals surface area contributed by atoms with Crippen molar-refractivity contribution in [2.75, 3.05) is 6.61 Å². The molecule has 0 bridgehead atoms. The number of nitriles is 1. The fraction of sp³-hybridized carbons (Fsp3) is 0.375. The molecule has 23 heavy (non-hydrogen) atoms. The van der Waals surface area contributed by atoms with Gasteiger partial charge >= 0.3 is 0 Å². The molecule has 7 heteroatoms. The highest BCUT2D eigenvalue weighted by molar-refractivity contribution is 6.00. The van der Waals surface area contributed by atoms with Gasteiger partial charge in [0.15, 0.2) is 5.69 Å². The molecular weight excluding hydrogens is 294 g/mol. The van der Waals surface area contributed by atoms with Crippen LogP contribution in [0.5, 0.6) is 5.88 Å². The molecule has 2 aliphatic rings. The minimum Gasteiger partial charge on any atom is -0.477 e. The van der Waals surface area contributed by atoms with Crippen LogP contribution in [0.1, 0.15) is 35.4 Å². The maximum Gasteiger partial charge on any atom is 0.272 e. The minimum atomic E-state index is -0.183. The van der Waals surface area contributed by atoms with Crippen molar-refractivity contribution in [1.82, 2.24) is 20.1 Å². The fourth-order valence-corrected chi connectivity index (χ4v) is 2.64. The van der Waals surface area contributed by atoms with Crippen molar-refractivity contribution in [2.24, 2.45) is 0 Å². The minimum absolute atomic E-state index is 0.183. The van der Waals surface area contributed by atoms with E-state index in [1.54, 1.807) is 23.0 Å². The normalized spacial score (nSPS) is 16.1. The number of rotatable bonds is 3. The number of aromatic nitrogens is 3. The molecule has 1 aliphatic carbocycles. The summed E-state index contributed by atoms with van der Waals surface area (Å²) in [5.41, 5.74) is 2.08. The molecule has 1 aliphatic heterocycles. The van der Waals surface area contributed by atoms with Gasteiger partial charge in [0, 0.05) is 30.8 Å². The number of pyridine rings is 1. The largest absolute Gasteiger partial charge is 0.477 e. The SMILES string of the molecule is N#Cc1ccc(-c2c(C(=O)NC3CC3)nn3c2OCCC3)cn1. The van der Waals surface area contributed by atoms with Crippen LogP contribution in [-0.4, -0.2) is 33.3 Å². The van der Waals surface area contributed by atoms with Crippen LogP contribution in [0.25, 0.3) is 11.1 Å². The maximum atomic E-state index is 12.5. The van der Waals surface area contributed by atoms with Crippen molar-refractivity contribution < 1.29 is 9.53 Å². The summed E-state index contributed by atoms with van der Waals surface area (Å²) in [6.45, 7) is 1.33. The fourth-order valence-electron chi connectivity index (χ4n) is 2.64. The summed E-state index contributed by atoms with van der Waals surface area (Å²) in [5, 5.41) is 16.3. The number of amides is 1. The standard InChI is InChI=1S/C16H15N5O2/c17-8-12-3-2-10(9-18-12)13-14(15(22)19-11-4-5-11)20-21-6-1-7-23-16(13)21/h2-3,9,11H,1,4-7H2,(H,19,22). The van der Waals surface area contributed by atoms with Gasteiger partial charge in [-0.3, -0.25) is 4.79 Å². The Kier molecular flexibility index (Phi) is 3.23. The van der Waals surface area contributed by atoms with E-state index in [-0.39, 0.29) is 11.9 Å². The molecule has 7 nitrogen and oxygen atoms in total. The van der Waals surface area contributed by atoms with E-state index in [2.05, 4.69) is 15.4 Å². The molecule has 1 amide bonds. The topological polar surface area (TPSA) is 92.8 Å². The molecule has 0 radical (unpaired) electrons. The third kappa shape index (κ3) is 2.52. The first-order valence-corrected chi connectivity index (χ1v) is 7.67. The van der Waals surface area contributed by atoms with Gasteiger partial charge < -0.3 is 10.1 Å². The molecule has 1 N–H and O–H groups in total. The lowest BCUT2D eigenvalue weighted by atomic mass is 10.1. The Balaban J connectivity index is 1.79. The molecule has 4 rings (SSSR count). The molecule has 0 saturated heterocycles. The van der Waals surface area contributed by atoms with Gasteiger partial charge in [-0.25, -0.2) is 9.67 Å². The number of fused-ring (bicyclic) bond motifs is 1. The summed E-state index contributed by atoms with van der Waals surface area (Å²) in [6, 6.07) is 5.65. The summed E-state index contributed by atoms with van der Waals surface area (Å²) in [6.07, 6.45) is 4.48. The highest BCUT2D eigenvalue weighted by atomic mass is 16.5. The van der Waals surface area contributed by atoms with Crippen molar-refractivity contribution in [3.8, 4) is 23.1 Å². The Morgan fingerprint density at radius 3 is 3.00 bits per heavy atom. The van der Waals surface area contributed by atoms with Gasteiger partial charge in [-0.1, -0.05) is 0 Å². The summed E-state index contributed by atoms with van der Waals surface area (Å²) >= 11 is 0. The molecule has 0 spiro atoms. The van der Waals surface area contributed by atoms with Crippen LogP contribution in [0, 0.1) is 11.3 Å². The van der Waals surface area contributed by atoms with Gasteiger partial charge in [-0.15, -0.1) is 0 Å². The molecule has 1 saturated carbocycles. The van der Waals surface area contributed by atoms with Gasteiger partial charge in [0.2, 0.25) is 5.88 Å². The highest BCUT2D eigenvalue weighted by Crippen LogP contribution is 2.35. The number of ether oxygens (including phenoxy) is 1. The van der Waals surface area contributed by atoms with Gasteiger partial charge in [0.1, 0.15) is 11.8 Å². The number of nitrogens with one attached hydrogen (secondary N) is 1. The lowest BCUT2D eigenvalue weighted by Crippen LogP contribution is -2.26. The second-order valence-corrected chi connectivity index (χ2v) is 5.75.